The lowest BCUT2D eigenvalue weighted by atomic mass is 9.64. The van der Waals surface area contributed by atoms with Crippen LogP contribution >= 0.6 is 0 Å². The Hall–Kier alpha value is -4.29. The molecule has 3 unspecified atom stereocenters. The van der Waals surface area contributed by atoms with E-state index >= 15 is 0 Å². The van der Waals surface area contributed by atoms with Crippen LogP contribution in [-0.2, 0) is 28.7 Å². The summed E-state index contributed by atoms with van der Waals surface area (Å²) in [6.07, 6.45) is 19.5. The summed E-state index contributed by atoms with van der Waals surface area (Å²) >= 11 is 0. The number of carbonyl (C=O) groups is 2. The van der Waals surface area contributed by atoms with Crippen molar-refractivity contribution in [3.8, 4) is 0 Å². The van der Waals surface area contributed by atoms with Crippen molar-refractivity contribution in [3.05, 3.63) is 81.9 Å². The van der Waals surface area contributed by atoms with Crippen molar-refractivity contribution in [2.75, 3.05) is 20.3 Å². The topological polar surface area (TPSA) is 120 Å². The van der Waals surface area contributed by atoms with E-state index in [9.17, 15) is 9.59 Å². The van der Waals surface area contributed by atoms with E-state index in [1.807, 2.05) is 44.2 Å². The van der Waals surface area contributed by atoms with Gasteiger partial charge in [0.2, 0.25) is 0 Å². The number of fused-ring (bicyclic) bond motifs is 2. The highest BCUT2D eigenvalue weighted by molar-refractivity contribution is 5.83. The summed E-state index contributed by atoms with van der Waals surface area (Å²) in [5.41, 5.74) is -1.61. The highest BCUT2D eigenvalue weighted by Gasteiger charge is 2.61. The lowest BCUT2D eigenvalue weighted by Gasteiger charge is -2.38. The molecule has 10 heteroatoms. The molecule has 4 rings (SSSR count). The Morgan fingerprint density at radius 3 is 1.61 bits per heavy atom. The molecule has 0 heterocycles. The molecular weight excluding hydrogens is 562 g/mol. The van der Waals surface area contributed by atoms with Crippen LogP contribution in [0.15, 0.2) is 47.6 Å². The van der Waals surface area contributed by atoms with Crippen LogP contribution in [-0.4, -0.2) is 54.7 Å². The van der Waals surface area contributed by atoms with Gasteiger partial charge in [-0.3, -0.25) is 9.59 Å². The minimum Gasteiger partial charge on any atom is -0.465 e. The number of esters is 2. The third kappa shape index (κ3) is 7.80. The van der Waals surface area contributed by atoms with Crippen molar-refractivity contribution in [1.29, 1.82) is 0 Å². The minimum absolute atomic E-state index is 0.151. The molecule has 0 bridgehead atoms. The van der Waals surface area contributed by atoms with Crippen molar-refractivity contribution in [2.45, 2.75) is 96.2 Å². The van der Waals surface area contributed by atoms with Gasteiger partial charge in [-0.1, -0.05) is 36.5 Å². The van der Waals surface area contributed by atoms with Gasteiger partial charge in [0.15, 0.2) is 0 Å². The molecule has 0 spiro atoms. The van der Waals surface area contributed by atoms with Crippen LogP contribution in [0, 0.1) is 30.5 Å². The summed E-state index contributed by atoms with van der Waals surface area (Å²) in [5.74, 6) is -0.434. The first-order valence-corrected chi connectivity index (χ1v) is 14.8. The Kier molecular flexibility index (Phi) is 15.2. The number of aliphatic hydroxyl groups is 1. The average Bonchev–Trinajstić information content (AvgIpc) is 3.33. The molecule has 236 valence electrons. The zero-order valence-electron chi connectivity index (χ0n) is 26.2. The molecule has 0 aromatic heterocycles. The third-order valence-corrected chi connectivity index (χ3v) is 8.49. The van der Waals surface area contributed by atoms with Crippen LogP contribution in [0.2, 0.25) is 0 Å². The standard InChI is InChI=1S/C16H18N2O2.C16H21NO2.CO2.CH4O/c1-4-20-14(19)15-10-6-5-9-13(15)16(17-2,18-3)12-8-7-11-15;1-4-19-14(18)16-11-6-5-9-13(16)15(2,17-3)10-7-8-12-16;2-1-3;1-2/h7-9H,4-6,10-12H2,1H3;7-9H,4-6,10-12H2,1-2H3;;2H,1H3. The summed E-state index contributed by atoms with van der Waals surface area (Å²) < 4.78 is 10.6. The fraction of sp³-hybridized carbons (Fsp3) is 0.588. The molecule has 0 saturated carbocycles. The molecule has 0 aromatic carbocycles. The third-order valence-electron chi connectivity index (χ3n) is 8.49. The number of nitrogens with zero attached hydrogens (tertiary/aromatic N) is 3. The fourth-order valence-corrected chi connectivity index (χ4v) is 6.49. The highest BCUT2D eigenvalue weighted by Crippen LogP contribution is 2.52. The van der Waals surface area contributed by atoms with Gasteiger partial charge in [-0.05, 0) is 65.2 Å². The van der Waals surface area contributed by atoms with E-state index in [1.54, 1.807) is 6.92 Å². The largest absolute Gasteiger partial charge is 0.510 e. The summed E-state index contributed by atoms with van der Waals surface area (Å²) in [6.45, 7) is 28.8. The number of aliphatic hydroxyl groups excluding tert-OH is 1. The van der Waals surface area contributed by atoms with Crippen LogP contribution in [0.25, 0.3) is 14.5 Å². The van der Waals surface area contributed by atoms with Crippen LogP contribution in [0.4, 0.5) is 0 Å². The minimum atomic E-state index is -1.26. The number of hydrogen-bond acceptors (Lipinski definition) is 7. The van der Waals surface area contributed by atoms with Gasteiger partial charge in [0.1, 0.15) is 17.4 Å². The second-order valence-electron chi connectivity index (χ2n) is 10.9. The number of carbonyl (C=O) groups excluding carboxylic acids is 4. The Bertz CT molecular complexity index is 1290. The first-order valence-electron chi connectivity index (χ1n) is 14.8. The van der Waals surface area contributed by atoms with Gasteiger partial charge >= 0.3 is 23.8 Å². The molecule has 44 heavy (non-hydrogen) atoms. The predicted molar refractivity (Wildman–Crippen MR) is 163 cm³/mol. The molecule has 0 saturated heterocycles. The van der Waals surface area contributed by atoms with Gasteiger partial charge in [0, 0.05) is 26.0 Å². The van der Waals surface area contributed by atoms with E-state index in [1.165, 1.54) is 0 Å². The lowest BCUT2D eigenvalue weighted by Crippen LogP contribution is -2.43. The SMILES string of the molecule is CO.O=C=O.[C-]#[N+]C1(C)CC=CCC2(C(=O)OCC)CCCC=C12.[C-]#[N+]C1([N+]#[C-])CC=CCC2(C(=O)OCC)CCCC=C12. The Labute approximate surface area is 260 Å². The first kappa shape index (κ1) is 37.7. The number of hydrogen-bond donors (Lipinski definition) is 1. The van der Waals surface area contributed by atoms with E-state index in [0.29, 0.717) is 50.9 Å². The second-order valence-corrected chi connectivity index (χ2v) is 10.9. The van der Waals surface area contributed by atoms with Crippen LogP contribution in [0.5, 0.6) is 0 Å². The van der Waals surface area contributed by atoms with Crippen LogP contribution in [0.3, 0.4) is 0 Å². The maximum atomic E-state index is 12.5. The zero-order chi connectivity index (χ0) is 33.3. The van der Waals surface area contributed by atoms with Gasteiger partial charge in [-0.2, -0.15) is 9.59 Å². The summed E-state index contributed by atoms with van der Waals surface area (Å²) in [5, 5.41) is 7.00. The molecule has 4 aliphatic rings. The molecule has 0 radical (unpaired) electrons. The maximum absolute atomic E-state index is 12.5. The monoisotopic (exact) mass is 605 g/mol. The molecule has 0 fully saturated rings. The predicted octanol–water partition coefficient (Wildman–Crippen LogP) is 6.23. The van der Waals surface area contributed by atoms with Crippen molar-refractivity contribution in [3.63, 3.8) is 0 Å². The van der Waals surface area contributed by atoms with Gasteiger partial charge in [0.25, 0.3) is 5.54 Å². The van der Waals surface area contributed by atoms with E-state index < -0.39 is 22.0 Å². The normalized spacial score (nSPS) is 27.2. The lowest BCUT2D eigenvalue weighted by molar-refractivity contribution is -0.191. The number of rotatable bonds is 4. The average molecular weight is 606 g/mol. The molecule has 4 aliphatic carbocycles. The van der Waals surface area contributed by atoms with Crippen LogP contribution < -0.4 is 0 Å². The van der Waals surface area contributed by atoms with Gasteiger partial charge in [-0.15, -0.1) is 0 Å². The van der Waals surface area contributed by atoms with Gasteiger partial charge < -0.3 is 19.4 Å². The summed E-state index contributed by atoms with van der Waals surface area (Å²) in [6, 6.07) is 0. The summed E-state index contributed by atoms with van der Waals surface area (Å²) in [7, 11) is 1.00. The fourth-order valence-electron chi connectivity index (χ4n) is 6.49. The highest BCUT2D eigenvalue weighted by atomic mass is 16.5. The number of ether oxygens (including phenoxy) is 2. The van der Waals surface area contributed by atoms with E-state index in [2.05, 4.69) is 20.6 Å². The first-order chi connectivity index (χ1) is 21.2. The Morgan fingerprint density at radius 1 is 0.773 bits per heavy atom. The quantitative estimate of drug-likeness (QED) is 0.229. The Balaban J connectivity index is 0.000000384. The van der Waals surface area contributed by atoms with E-state index in [4.69, 9.17) is 43.9 Å². The molecular formula is C34H43N3O7. The van der Waals surface area contributed by atoms with Crippen LogP contribution in [0.1, 0.15) is 85.0 Å². The van der Waals surface area contributed by atoms with E-state index in [0.717, 1.165) is 44.8 Å². The van der Waals surface area contributed by atoms with Crippen molar-refractivity contribution < 1.29 is 33.8 Å². The molecule has 10 nitrogen and oxygen atoms in total. The summed E-state index contributed by atoms with van der Waals surface area (Å²) in [4.78, 5) is 52.3. The zero-order valence-corrected chi connectivity index (χ0v) is 26.2. The Morgan fingerprint density at radius 2 is 1.18 bits per heavy atom. The molecule has 1 N–H and O–H groups in total. The molecule has 3 atom stereocenters. The molecule has 0 aliphatic heterocycles. The van der Waals surface area contributed by atoms with Crippen molar-refractivity contribution in [1.82, 2.24) is 0 Å². The molecule has 0 aromatic rings. The van der Waals surface area contributed by atoms with Crippen molar-refractivity contribution >= 4 is 18.1 Å². The van der Waals surface area contributed by atoms with Gasteiger partial charge in [-0.25, -0.2) is 29.4 Å². The molecule has 0 amide bonds. The smallest absolute Gasteiger partial charge is 0.465 e. The van der Waals surface area contributed by atoms with E-state index in [-0.39, 0.29) is 18.1 Å². The number of allylic oxidation sites excluding steroid dienone is 4. The van der Waals surface area contributed by atoms with Crippen molar-refractivity contribution in [2.24, 2.45) is 10.8 Å². The maximum Gasteiger partial charge on any atom is 0.510 e. The second kappa shape index (κ2) is 17.7. The van der Waals surface area contributed by atoms with Gasteiger partial charge in [0.05, 0.1) is 18.6 Å².